The third-order valence-corrected chi connectivity index (χ3v) is 3.15. The van der Waals surface area contributed by atoms with E-state index in [0.29, 0.717) is 6.10 Å². The van der Waals surface area contributed by atoms with Gasteiger partial charge in [-0.05, 0) is 25.7 Å². The van der Waals surface area contributed by atoms with Gasteiger partial charge in [0.1, 0.15) is 6.10 Å². The van der Waals surface area contributed by atoms with Crippen molar-refractivity contribution in [3.05, 3.63) is 0 Å². The summed E-state index contributed by atoms with van der Waals surface area (Å²) in [5, 5.41) is 9.27. The van der Waals surface area contributed by atoms with E-state index in [4.69, 9.17) is 4.74 Å². The fourth-order valence-corrected chi connectivity index (χ4v) is 2.37. The first-order chi connectivity index (χ1) is 5.79. The van der Waals surface area contributed by atoms with E-state index < -0.39 is 0 Å². The fourth-order valence-electron chi connectivity index (χ4n) is 2.37. The molecule has 0 bridgehead atoms. The monoisotopic (exact) mass is 170 g/mol. The number of aliphatic hydroxyl groups excluding tert-OH is 1. The minimum atomic E-state index is -0.267. The number of ether oxygens (including phenoxy) is 1. The standard InChI is InChI=1S/C10H18O2/c1-7(11)9-10(12-9)8-5-3-2-4-6-8/h7-11H,2-6H2,1H3/t7-,9-,10-/m1/s1. The molecule has 1 heterocycles. The molecule has 0 spiro atoms. The number of rotatable bonds is 2. The normalized spacial score (nSPS) is 39.5. The van der Waals surface area contributed by atoms with Crippen molar-refractivity contribution in [2.45, 2.75) is 57.3 Å². The summed E-state index contributed by atoms with van der Waals surface area (Å²) in [7, 11) is 0. The van der Waals surface area contributed by atoms with E-state index in [1.54, 1.807) is 0 Å². The number of aliphatic hydroxyl groups is 1. The van der Waals surface area contributed by atoms with Crippen molar-refractivity contribution in [1.82, 2.24) is 0 Å². The molecule has 3 atom stereocenters. The molecule has 70 valence electrons. The second kappa shape index (κ2) is 3.35. The lowest BCUT2D eigenvalue weighted by Gasteiger charge is -2.19. The summed E-state index contributed by atoms with van der Waals surface area (Å²) < 4.78 is 5.47. The van der Waals surface area contributed by atoms with E-state index in [2.05, 4.69) is 0 Å². The molecule has 2 nitrogen and oxygen atoms in total. The molecule has 2 aliphatic rings. The Morgan fingerprint density at radius 3 is 2.42 bits per heavy atom. The molecule has 1 aliphatic carbocycles. The molecule has 2 rings (SSSR count). The van der Waals surface area contributed by atoms with Crippen LogP contribution in [-0.2, 0) is 4.74 Å². The molecule has 0 radical (unpaired) electrons. The highest BCUT2D eigenvalue weighted by molar-refractivity contribution is 4.94. The summed E-state index contributed by atoms with van der Waals surface area (Å²) in [6.07, 6.45) is 7.02. The van der Waals surface area contributed by atoms with E-state index in [1.165, 1.54) is 32.1 Å². The van der Waals surface area contributed by atoms with Gasteiger partial charge in [0.2, 0.25) is 0 Å². The average molecular weight is 170 g/mol. The first-order valence-electron chi connectivity index (χ1n) is 5.12. The zero-order chi connectivity index (χ0) is 8.55. The molecule has 12 heavy (non-hydrogen) atoms. The topological polar surface area (TPSA) is 32.8 Å². The molecule has 1 saturated heterocycles. The Balaban J connectivity index is 1.79. The number of epoxide rings is 1. The summed E-state index contributed by atoms with van der Waals surface area (Å²) in [5.74, 6) is 0.748. The summed E-state index contributed by atoms with van der Waals surface area (Å²) in [4.78, 5) is 0. The Labute approximate surface area is 73.9 Å². The molecule has 1 saturated carbocycles. The number of hydrogen-bond donors (Lipinski definition) is 1. The molecule has 1 N–H and O–H groups in total. The lowest BCUT2D eigenvalue weighted by molar-refractivity contribution is 0.152. The molecule has 2 fully saturated rings. The van der Waals surface area contributed by atoms with Gasteiger partial charge >= 0.3 is 0 Å². The van der Waals surface area contributed by atoms with E-state index >= 15 is 0 Å². The third-order valence-electron chi connectivity index (χ3n) is 3.15. The lowest BCUT2D eigenvalue weighted by atomic mass is 9.85. The minimum absolute atomic E-state index is 0.160. The second-order valence-corrected chi connectivity index (χ2v) is 4.20. The second-order valence-electron chi connectivity index (χ2n) is 4.20. The molecule has 0 unspecified atom stereocenters. The smallest absolute Gasteiger partial charge is 0.110 e. The van der Waals surface area contributed by atoms with Crippen LogP contribution in [0.25, 0.3) is 0 Å². The highest BCUT2D eigenvalue weighted by Gasteiger charge is 2.47. The van der Waals surface area contributed by atoms with Crippen LogP contribution in [0.3, 0.4) is 0 Å². The molecule has 0 aromatic heterocycles. The van der Waals surface area contributed by atoms with Gasteiger partial charge in [-0.25, -0.2) is 0 Å². The van der Waals surface area contributed by atoms with Crippen LogP contribution in [0.5, 0.6) is 0 Å². The van der Waals surface area contributed by atoms with Crippen LogP contribution < -0.4 is 0 Å². The first kappa shape index (κ1) is 8.52. The maximum Gasteiger partial charge on any atom is 0.110 e. The van der Waals surface area contributed by atoms with Crippen molar-refractivity contribution < 1.29 is 9.84 Å². The van der Waals surface area contributed by atoms with Gasteiger partial charge in [0.05, 0.1) is 12.2 Å². The lowest BCUT2D eigenvalue weighted by Crippen LogP contribution is -2.19. The van der Waals surface area contributed by atoms with Crippen molar-refractivity contribution in [2.24, 2.45) is 5.92 Å². The van der Waals surface area contributed by atoms with Gasteiger partial charge in [-0.3, -0.25) is 0 Å². The zero-order valence-electron chi connectivity index (χ0n) is 7.70. The summed E-state index contributed by atoms with van der Waals surface area (Å²) in [6, 6.07) is 0. The van der Waals surface area contributed by atoms with Crippen molar-refractivity contribution in [2.75, 3.05) is 0 Å². The SMILES string of the molecule is C[C@@H](O)[C@H]1O[C@@H]1C1CCCCC1. The Hall–Kier alpha value is -0.0800. The van der Waals surface area contributed by atoms with E-state index in [1.807, 2.05) is 6.92 Å². The molecule has 0 amide bonds. The average Bonchev–Trinajstić information content (AvgIpc) is 2.84. The summed E-state index contributed by atoms with van der Waals surface area (Å²) in [5.41, 5.74) is 0. The predicted molar refractivity (Wildman–Crippen MR) is 46.9 cm³/mol. The van der Waals surface area contributed by atoms with Crippen molar-refractivity contribution in [3.63, 3.8) is 0 Å². The van der Waals surface area contributed by atoms with E-state index in [-0.39, 0.29) is 12.2 Å². The molecular formula is C10H18O2. The Kier molecular flexibility index (Phi) is 2.37. The molecule has 0 aromatic rings. The van der Waals surface area contributed by atoms with Crippen LogP contribution in [0.2, 0.25) is 0 Å². The van der Waals surface area contributed by atoms with Gasteiger partial charge in [-0.2, -0.15) is 0 Å². The maximum atomic E-state index is 9.27. The van der Waals surface area contributed by atoms with E-state index in [0.717, 1.165) is 5.92 Å². The van der Waals surface area contributed by atoms with Gasteiger partial charge < -0.3 is 9.84 Å². The van der Waals surface area contributed by atoms with Crippen molar-refractivity contribution >= 4 is 0 Å². The zero-order valence-corrected chi connectivity index (χ0v) is 7.70. The van der Waals surface area contributed by atoms with Crippen molar-refractivity contribution in [1.29, 1.82) is 0 Å². The molecule has 1 aliphatic heterocycles. The first-order valence-corrected chi connectivity index (χ1v) is 5.12. The van der Waals surface area contributed by atoms with Gasteiger partial charge in [0.25, 0.3) is 0 Å². The number of hydrogen-bond acceptors (Lipinski definition) is 2. The van der Waals surface area contributed by atoms with Crippen LogP contribution in [0.4, 0.5) is 0 Å². The van der Waals surface area contributed by atoms with Gasteiger partial charge in [-0.1, -0.05) is 19.3 Å². The highest BCUT2D eigenvalue weighted by atomic mass is 16.6. The van der Waals surface area contributed by atoms with Crippen LogP contribution in [0.15, 0.2) is 0 Å². The molecular weight excluding hydrogens is 152 g/mol. The van der Waals surface area contributed by atoms with Crippen LogP contribution in [-0.4, -0.2) is 23.4 Å². The quantitative estimate of drug-likeness (QED) is 0.640. The van der Waals surface area contributed by atoms with Crippen LogP contribution >= 0.6 is 0 Å². The fraction of sp³-hybridized carbons (Fsp3) is 1.00. The van der Waals surface area contributed by atoms with Crippen LogP contribution in [0.1, 0.15) is 39.0 Å². The van der Waals surface area contributed by atoms with E-state index in [9.17, 15) is 5.11 Å². The Morgan fingerprint density at radius 1 is 1.25 bits per heavy atom. The Morgan fingerprint density at radius 2 is 1.92 bits per heavy atom. The minimum Gasteiger partial charge on any atom is -0.391 e. The largest absolute Gasteiger partial charge is 0.391 e. The maximum absolute atomic E-state index is 9.27. The molecule has 2 heteroatoms. The molecule has 0 aromatic carbocycles. The summed E-state index contributed by atoms with van der Waals surface area (Å²) >= 11 is 0. The van der Waals surface area contributed by atoms with Gasteiger partial charge in [0, 0.05) is 0 Å². The Bertz CT molecular complexity index is 150. The highest BCUT2D eigenvalue weighted by Crippen LogP contribution is 2.39. The predicted octanol–water partition coefficient (Wildman–Crippen LogP) is 1.71. The third kappa shape index (κ3) is 1.64. The van der Waals surface area contributed by atoms with Crippen molar-refractivity contribution in [3.8, 4) is 0 Å². The van der Waals surface area contributed by atoms with Crippen LogP contribution in [0, 0.1) is 5.92 Å². The van der Waals surface area contributed by atoms with Gasteiger partial charge in [0.15, 0.2) is 0 Å². The van der Waals surface area contributed by atoms with Gasteiger partial charge in [-0.15, -0.1) is 0 Å². The summed E-state index contributed by atoms with van der Waals surface area (Å²) in [6.45, 7) is 1.83.